The van der Waals surface area contributed by atoms with E-state index in [0.717, 1.165) is 5.52 Å². The Bertz CT molecular complexity index is 643. The van der Waals surface area contributed by atoms with E-state index >= 15 is 0 Å². The summed E-state index contributed by atoms with van der Waals surface area (Å²) in [6.07, 6.45) is -0.880. The van der Waals surface area contributed by atoms with Crippen LogP contribution in [0.25, 0.3) is 11.1 Å². The zero-order valence-corrected chi connectivity index (χ0v) is 10.1. The van der Waals surface area contributed by atoms with Gasteiger partial charge in [-0.05, 0) is 29.8 Å². The second-order valence-electron chi connectivity index (χ2n) is 3.97. The van der Waals surface area contributed by atoms with E-state index in [1.165, 1.54) is 0 Å². The predicted octanol–water partition coefficient (Wildman–Crippen LogP) is 3.56. The summed E-state index contributed by atoms with van der Waals surface area (Å²) in [5.41, 5.74) is 2.10. The number of fused-ring (bicyclic) bond motifs is 1. The highest BCUT2D eigenvalue weighted by Crippen LogP contribution is 2.25. The second-order valence-corrected chi connectivity index (χ2v) is 4.41. The number of para-hydroxylation sites is 2. The summed E-state index contributed by atoms with van der Waals surface area (Å²) in [6.45, 7) is 0. The van der Waals surface area contributed by atoms with Crippen molar-refractivity contribution < 1.29 is 9.52 Å². The standard InChI is InChI=1S/C14H10ClNO2/c15-10-7-5-9(6-8-10)13(17)14-16-11-3-1-2-4-12(11)18-14/h1-8,13,17H. The first-order chi connectivity index (χ1) is 8.74. The molecular weight excluding hydrogens is 250 g/mol. The van der Waals surface area contributed by atoms with Crippen LogP contribution >= 0.6 is 11.6 Å². The third-order valence-electron chi connectivity index (χ3n) is 2.73. The molecule has 0 fully saturated rings. The quantitative estimate of drug-likeness (QED) is 0.765. The smallest absolute Gasteiger partial charge is 0.228 e. The lowest BCUT2D eigenvalue weighted by atomic mass is 10.1. The van der Waals surface area contributed by atoms with Crippen molar-refractivity contribution in [3.63, 3.8) is 0 Å². The molecule has 0 saturated carbocycles. The van der Waals surface area contributed by atoms with E-state index in [1.807, 2.05) is 24.3 Å². The number of aromatic nitrogens is 1. The van der Waals surface area contributed by atoms with Crippen LogP contribution in [0.3, 0.4) is 0 Å². The first-order valence-electron chi connectivity index (χ1n) is 5.53. The molecule has 4 heteroatoms. The van der Waals surface area contributed by atoms with E-state index in [4.69, 9.17) is 16.0 Å². The van der Waals surface area contributed by atoms with Crippen LogP contribution in [0.2, 0.25) is 5.02 Å². The highest BCUT2D eigenvalue weighted by Gasteiger charge is 2.16. The Hall–Kier alpha value is -1.84. The highest BCUT2D eigenvalue weighted by molar-refractivity contribution is 6.30. The zero-order chi connectivity index (χ0) is 12.5. The van der Waals surface area contributed by atoms with Crippen LogP contribution in [0.1, 0.15) is 17.6 Å². The SMILES string of the molecule is OC(c1ccc(Cl)cc1)c1nc2ccccc2o1. The lowest BCUT2D eigenvalue weighted by Gasteiger charge is -2.06. The molecule has 0 bridgehead atoms. The minimum atomic E-state index is -0.880. The summed E-state index contributed by atoms with van der Waals surface area (Å²) in [5.74, 6) is 0.290. The molecule has 3 rings (SSSR count). The Morgan fingerprint density at radius 3 is 2.50 bits per heavy atom. The van der Waals surface area contributed by atoms with Crippen molar-refractivity contribution in [1.29, 1.82) is 0 Å². The van der Waals surface area contributed by atoms with Crippen molar-refractivity contribution in [2.24, 2.45) is 0 Å². The van der Waals surface area contributed by atoms with Gasteiger partial charge in [0.15, 0.2) is 11.7 Å². The van der Waals surface area contributed by atoms with Crippen molar-refractivity contribution in [2.75, 3.05) is 0 Å². The number of aliphatic hydroxyl groups excluding tert-OH is 1. The van der Waals surface area contributed by atoms with Gasteiger partial charge in [0.2, 0.25) is 5.89 Å². The molecule has 1 heterocycles. The molecule has 0 amide bonds. The minimum absolute atomic E-state index is 0.290. The number of halogens is 1. The molecule has 0 radical (unpaired) electrons. The molecule has 0 aliphatic carbocycles. The fourth-order valence-electron chi connectivity index (χ4n) is 1.79. The predicted molar refractivity (Wildman–Crippen MR) is 69.5 cm³/mol. The number of aliphatic hydroxyl groups is 1. The fraction of sp³-hybridized carbons (Fsp3) is 0.0714. The van der Waals surface area contributed by atoms with Gasteiger partial charge in [-0.2, -0.15) is 0 Å². The maximum atomic E-state index is 10.2. The molecule has 3 aromatic rings. The van der Waals surface area contributed by atoms with Crippen LogP contribution in [-0.2, 0) is 0 Å². The van der Waals surface area contributed by atoms with E-state index in [9.17, 15) is 5.11 Å². The molecule has 0 aliphatic rings. The van der Waals surface area contributed by atoms with Gasteiger partial charge in [-0.1, -0.05) is 35.9 Å². The Labute approximate surface area is 109 Å². The molecule has 0 spiro atoms. The maximum Gasteiger partial charge on any atom is 0.228 e. The van der Waals surface area contributed by atoms with Crippen molar-refractivity contribution >= 4 is 22.7 Å². The monoisotopic (exact) mass is 259 g/mol. The average Bonchev–Trinajstić information content (AvgIpc) is 2.82. The van der Waals surface area contributed by atoms with Gasteiger partial charge < -0.3 is 9.52 Å². The molecule has 1 N–H and O–H groups in total. The zero-order valence-electron chi connectivity index (χ0n) is 9.38. The Morgan fingerprint density at radius 2 is 1.78 bits per heavy atom. The van der Waals surface area contributed by atoms with Gasteiger partial charge in [0.25, 0.3) is 0 Å². The number of nitrogens with zero attached hydrogens (tertiary/aromatic N) is 1. The van der Waals surface area contributed by atoms with Crippen molar-refractivity contribution in [1.82, 2.24) is 4.98 Å². The molecule has 18 heavy (non-hydrogen) atoms. The third kappa shape index (κ3) is 1.98. The topological polar surface area (TPSA) is 46.3 Å². The number of rotatable bonds is 2. The first kappa shape index (κ1) is 11.3. The fourth-order valence-corrected chi connectivity index (χ4v) is 1.92. The number of oxazole rings is 1. The highest BCUT2D eigenvalue weighted by atomic mass is 35.5. The van der Waals surface area contributed by atoms with Gasteiger partial charge in [0.05, 0.1) is 0 Å². The van der Waals surface area contributed by atoms with E-state index < -0.39 is 6.10 Å². The summed E-state index contributed by atoms with van der Waals surface area (Å²) < 4.78 is 5.52. The minimum Gasteiger partial charge on any atom is -0.437 e. The molecule has 0 saturated heterocycles. The van der Waals surface area contributed by atoms with E-state index in [-0.39, 0.29) is 0 Å². The Kier molecular flexibility index (Phi) is 2.78. The van der Waals surface area contributed by atoms with Crippen LogP contribution in [0.15, 0.2) is 52.9 Å². The van der Waals surface area contributed by atoms with E-state index in [0.29, 0.717) is 22.1 Å². The lowest BCUT2D eigenvalue weighted by molar-refractivity contribution is 0.185. The van der Waals surface area contributed by atoms with Crippen LogP contribution in [0, 0.1) is 0 Å². The third-order valence-corrected chi connectivity index (χ3v) is 2.98. The average molecular weight is 260 g/mol. The Morgan fingerprint density at radius 1 is 1.06 bits per heavy atom. The maximum absolute atomic E-state index is 10.2. The van der Waals surface area contributed by atoms with Crippen LogP contribution in [-0.4, -0.2) is 10.1 Å². The van der Waals surface area contributed by atoms with Crippen LogP contribution in [0.4, 0.5) is 0 Å². The van der Waals surface area contributed by atoms with Crippen LogP contribution < -0.4 is 0 Å². The summed E-state index contributed by atoms with van der Waals surface area (Å²) in [6, 6.07) is 14.4. The normalized spacial score (nSPS) is 12.8. The van der Waals surface area contributed by atoms with Gasteiger partial charge in [0.1, 0.15) is 5.52 Å². The largest absolute Gasteiger partial charge is 0.437 e. The van der Waals surface area contributed by atoms with E-state index in [1.54, 1.807) is 24.3 Å². The van der Waals surface area contributed by atoms with Gasteiger partial charge in [-0.25, -0.2) is 4.98 Å². The Balaban J connectivity index is 2.00. The van der Waals surface area contributed by atoms with E-state index in [2.05, 4.69) is 4.98 Å². The molecule has 1 aromatic heterocycles. The lowest BCUT2D eigenvalue weighted by Crippen LogP contribution is -1.99. The molecule has 90 valence electrons. The first-order valence-corrected chi connectivity index (χ1v) is 5.91. The van der Waals surface area contributed by atoms with Gasteiger partial charge in [0, 0.05) is 5.02 Å². The number of benzene rings is 2. The van der Waals surface area contributed by atoms with Gasteiger partial charge >= 0.3 is 0 Å². The summed E-state index contributed by atoms with van der Waals surface area (Å²) in [4.78, 5) is 4.26. The van der Waals surface area contributed by atoms with Crippen molar-refractivity contribution in [2.45, 2.75) is 6.10 Å². The van der Waals surface area contributed by atoms with Gasteiger partial charge in [-0.15, -0.1) is 0 Å². The molecule has 3 nitrogen and oxygen atoms in total. The second kappa shape index (κ2) is 4.44. The van der Waals surface area contributed by atoms with Crippen molar-refractivity contribution in [3.8, 4) is 0 Å². The molecule has 0 aliphatic heterocycles. The molecule has 1 atom stereocenters. The molecule has 1 unspecified atom stereocenters. The van der Waals surface area contributed by atoms with Crippen LogP contribution in [0.5, 0.6) is 0 Å². The summed E-state index contributed by atoms with van der Waals surface area (Å²) in [5, 5.41) is 10.8. The van der Waals surface area contributed by atoms with Gasteiger partial charge in [-0.3, -0.25) is 0 Å². The molecule has 2 aromatic carbocycles. The summed E-state index contributed by atoms with van der Waals surface area (Å²) in [7, 11) is 0. The number of hydrogen-bond acceptors (Lipinski definition) is 3. The molecular formula is C14H10ClNO2. The number of hydrogen-bond donors (Lipinski definition) is 1. The summed E-state index contributed by atoms with van der Waals surface area (Å²) >= 11 is 5.81. The van der Waals surface area contributed by atoms with Crippen molar-refractivity contribution in [3.05, 3.63) is 65.0 Å².